The van der Waals surface area contributed by atoms with Crippen LogP contribution in [0.5, 0.6) is 0 Å². The molecule has 0 amide bonds. The molecular formula is C14H19ClN2O3. The molecule has 1 aromatic rings. The Kier molecular flexibility index (Phi) is 4.83. The molecule has 0 aromatic carbocycles. The van der Waals surface area contributed by atoms with Crippen LogP contribution >= 0.6 is 11.6 Å². The molecule has 0 radical (unpaired) electrons. The average Bonchev–Trinajstić information content (AvgIpc) is 2.42. The van der Waals surface area contributed by atoms with Crippen LogP contribution in [0.15, 0.2) is 18.2 Å². The molecule has 0 aliphatic carbocycles. The first-order valence-corrected chi connectivity index (χ1v) is 7.11. The Labute approximate surface area is 123 Å². The summed E-state index contributed by atoms with van der Waals surface area (Å²) in [7, 11) is 2.04. The van der Waals surface area contributed by atoms with Gasteiger partial charge in [-0.15, -0.1) is 0 Å². The second kappa shape index (κ2) is 6.41. The van der Waals surface area contributed by atoms with Crippen molar-refractivity contribution in [3.8, 4) is 0 Å². The van der Waals surface area contributed by atoms with E-state index >= 15 is 0 Å². The molecule has 0 bridgehead atoms. The fourth-order valence-corrected chi connectivity index (χ4v) is 2.52. The van der Waals surface area contributed by atoms with Gasteiger partial charge in [0, 0.05) is 25.9 Å². The Morgan fingerprint density at radius 2 is 2.15 bits per heavy atom. The van der Waals surface area contributed by atoms with E-state index in [1.165, 1.54) is 0 Å². The van der Waals surface area contributed by atoms with Crippen molar-refractivity contribution in [2.45, 2.75) is 25.4 Å². The van der Waals surface area contributed by atoms with Crippen molar-refractivity contribution in [3.63, 3.8) is 0 Å². The number of carbonyl (C=O) groups is 1. The lowest BCUT2D eigenvalue weighted by Crippen LogP contribution is -2.44. The molecule has 6 heteroatoms. The molecule has 0 unspecified atom stereocenters. The van der Waals surface area contributed by atoms with Gasteiger partial charge in [0.2, 0.25) is 0 Å². The van der Waals surface area contributed by atoms with Crippen LogP contribution in [0.3, 0.4) is 0 Å². The largest absolute Gasteiger partial charge is 0.509 e. The van der Waals surface area contributed by atoms with E-state index in [1.54, 1.807) is 13.0 Å². The zero-order chi connectivity index (χ0) is 14.6. The van der Waals surface area contributed by atoms with Crippen LogP contribution in [0.25, 0.3) is 0 Å². The van der Waals surface area contributed by atoms with Crippen molar-refractivity contribution in [2.75, 3.05) is 26.7 Å². The second-order valence-corrected chi connectivity index (χ2v) is 5.32. The molecule has 1 aliphatic heterocycles. The number of halogens is 1. The molecule has 0 spiro atoms. The standard InChI is InChI=1S/C14H19ClN2O3/c1-3-19-13(18)20-14(7-9-17(2)10-8-14)11-5-4-6-12(15)16-11/h4-6H,3,7-10H2,1-2H3. The molecule has 2 rings (SSSR count). The molecule has 110 valence electrons. The lowest BCUT2D eigenvalue weighted by molar-refractivity contribution is -0.0704. The van der Waals surface area contributed by atoms with Crippen LogP contribution < -0.4 is 0 Å². The molecule has 0 atom stereocenters. The Balaban J connectivity index is 2.26. The van der Waals surface area contributed by atoms with E-state index in [1.807, 2.05) is 19.2 Å². The lowest BCUT2D eigenvalue weighted by atomic mass is 9.87. The van der Waals surface area contributed by atoms with Gasteiger partial charge in [-0.2, -0.15) is 0 Å². The molecule has 2 heterocycles. The van der Waals surface area contributed by atoms with Gasteiger partial charge in [-0.05, 0) is 26.1 Å². The number of likely N-dealkylation sites (tertiary alicyclic amines) is 1. The zero-order valence-electron chi connectivity index (χ0n) is 11.8. The van der Waals surface area contributed by atoms with Gasteiger partial charge in [0.05, 0.1) is 12.3 Å². The summed E-state index contributed by atoms with van der Waals surface area (Å²) in [4.78, 5) is 18.3. The quantitative estimate of drug-likeness (QED) is 0.634. The van der Waals surface area contributed by atoms with Crippen molar-refractivity contribution in [1.82, 2.24) is 9.88 Å². The molecule has 5 nitrogen and oxygen atoms in total. The summed E-state index contributed by atoms with van der Waals surface area (Å²) < 4.78 is 10.5. The molecule has 1 fully saturated rings. The van der Waals surface area contributed by atoms with Gasteiger partial charge in [0.1, 0.15) is 5.15 Å². The molecule has 20 heavy (non-hydrogen) atoms. The smallest absolute Gasteiger partial charge is 0.435 e. The third-order valence-electron chi connectivity index (χ3n) is 3.52. The third kappa shape index (κ3) is 3.41. The highest BCUT2D eigenvalue weighted by molar-refractivity contribution is 6.29. The van der Waals surface area contributed by atoms with Crippen molar-refractivity contribution >= 4 is 17.8 Å². The number of carbonyl (C=O) groups excluding carboxylic acids is 1. The molecule has 1 aliphatic rings. The van der Waals surface area contributed by atoms with Crippen LogP contribution in [0.4, 0.5) is 4.79 Å². The highest BCUT2D eigenvalue weighted by Crippen LogP contribution is 2.36. The number of aromatic nitrogens is 1. The zero-order valence-corrected chi connectivity index (χ0v) is 12.5. The van der Waals surface area contributed by atoms with E-state index < -0.39 is 11.8 Å². The predicted molar refractivity (Wildman–Crippen MR) is 75.8 cm³/mol. The highest BCUT2D eigenvalue weighted by Gasteiger charge is 2.41. The number of rotatable bonds is 3. The number of nitrogens with zero attached hydrogens (tertiary/aromatic N) is 2. The van der Waals surface area contributed by atoms with Gasteiger partial charge in [0.15, 0.2) is 5.60 Å². The molecular weight excluding hydrogens is 280 g/mol. The predicted octanol–water partition coefficient (Wildman–Crippen LogP) is 2.83. The van der Waals surface area contributed by atoms with Crippen LogP contribution in [0.2, 0.25) is 5.15 Å². The van der Waals surface area contributed by atoms with E-state index in [0.717, 1.165) is 13.1 Å². The average molecular weight is 299 g/mol. The summed E-state index contributed by atoms with van der Waals surface area (Å²) in [6.45, 7) is 3.69. The van der Waals surface area contributed by atoms with Gasteiger partial charge in [-0.1, -0.05) is 17.7 Å². The SMILES string of the molecule is CCOC(=O)OC1(c2cccc(Cl)n2)CCN(C)CC1. The molecule has 1 aromatic heterocycles. The maximum atomic E-state index is 11.7. The third-order valence-corrected chi connectivity index (χ3v) is 3.73. The van der Waals surface area contributed by atoms with Crippen LogP contribution in [-0.4, -0.2) is 42.8 Å². The maximum Gasteiger partial charge on any atom is 0.509 e. The van der Waals surface area contributed by atoms with Crippen LogP contribution in [-0.2, 0) is 15.1 Å². The minimum Gasteiger partial charge on any atom is -0.435 e. The highest BCUT2D eigenvalue weighted by atomic mass is 35.5. The van der Waals surface area contributed by atoms with Crippen LogP contribution in [0.1, 0.15) is 25.5 Å². The van der Waals surface area contributed by atoms with Crippen molar-refractivity contribution in [2.24, 2.45) is 0 Å². The van der Waals surface area contributed by atoms with Gasteiger partial charge in [-0.25, -0.2) is 9.78 Å². The monoisotopic (exact) mass is 298 g/mol. The molecule has 0 saturated carbocycles. The van der Waals surface area contributed by atoms with Crippen molar-refractivity contribution < 1.29 is 14.3 Å². The summed E-state index contributed by atoms with van der Waals surface area (Å²) >= 11 is 5.96. The van der Waals surface area contributed by atoms with Crippen molar-refractivity contribution in [1.29, 1.82) is 0 Å². The Hall–Kier alpha value is -1.33. The number of hydrogen-bond donors (Lipinski definition) is 0. The minimum absolute atomic E-state index is 0.289. The fraction of sp³-hybridized carbons (Fsp3) is 0.571. The summed E-state index contributed by atoms with van der Waals surface area (Å²) in [6.07, 6.45) is 0.699. The lowest BCUT2D eigenvalue weighted by Gasteiger charge is -2.39. The van der Waals surface area contributed by atoms with Gasteiger partial charge in [0.25, 0.3) is 0 Å². The molecule has 1 saturated heterocycles. The normalized spacial score (nSPS) is 18.6. The maximum absolute atomic E-state index is 11.7. The first kappa shape index (κ1) is 15.1. The van der Waals surface area contributed by atoms with E-state index in [0.29, 0.717) is 23.7 Å². The summed E-state index contributed by atoms with van der Waals surface area (Å²) in [5.74, 6) is 0. The number of pyridine rings is 1. The van der Waals surface area contributed by atoms with Crippen LogP contribution in [0, 0.1) is 0 Å². The Morgan fingerprint density at radius 1 is 1.45 bits per heavy atom. The summed E-state index contributed by atoms with van der Waals surface area (Å²) in [5, 5.41) is 0.397. The van der Waals surface area contributed by atoms with E-state index in [4.69, 9.17) is 21.1 Å². The first-order valence-electron chi connectivity index (χ1n) is 6.73. The van der Waals surface area contributed by atoms with E-state index in [2.05, 4.69) is 9.88 Å². The number of hydrogen-bond acceptors (Lipinski definition) is 5. The van der Waals surface area contributed by atoms with Crippen molar-refractivity contribution in [3.05, 3.63) is 29.0 Å². The second-order valence-electron chi connectivity index (χ2n) is 4.93. The number of ether oxygens (including phenoxy) is 2. The number of piperidine rings is 1. The minimum atomic E-state index is -0.746. The van der Waals surface area contributed by atoms with Gasteiger partial charge >= 0.3 is 6.16 Å². The van der Waals surface area contributed by atoms with E-state index in [9.17, 15) is 4.79 Å². The molecule has 0 N–H and O–H groups in total. The van der Waals surface area contributed by atoms with E-state index in [-0.39, 0.29) is 6.61 Å². The first-order chi connectivity index (χ1) is 9.55. The fourth-order valence-electron chi connectivity index (χ4n) is 2.36. The Morgan fingerprint density at radius 3 is 2.75 bits per heavy atom. The summed E-state index contributed by atoms with van der Waals surface area (Å²) in [6, 6.07) is 5.37. The van der Waals surface area contributed by atoms with Gasteiger partial charge in [-0.3, -0.25) is 0 Å². The topological polar surface area (TPSA) is 51.7 Å². The summed E-state index contributed by atoms with van der Waals surface area (Å²) in [5.41, 5.74) is -0.0601. The Bertz CT molecular complexity index is 473. The van der Waals surface area contributed by atoms with Gasteiger partial charge < -0.3 is 14.4 Å².